The molecule has 4 rings (SSSR count). The van der Waals surface area contributed by atoms with Crippen LogP contribution in [0.15, 0.2) is 24.3 Å². The van der Waals surface area contributed by atoms with Crippen molar-refractivity contribution in [1.29, 1.82) is 0 Å². The first-order valence-electron chi connectivity index (χ1n) is 9.51. The highest BCUT2D eigenvalue weighted by Gasteiger charge is 2.63. The number of nitrogens with zero attached hydrogens (tertiary/aromatic N) is 2. The maximum atomic E-state index is 15.6. The molecule has 1 fully saturated rings. The zero-order chi connectivity index (χ0) is 22.7. The zero-order valence-electron chi connectivity index (χ0n) is 16.8. The van der Waals surface area contributed by atoms with Crippen LogP contribution in [0.25, 0.3) is 10.9 Å². The lowest BCUT2D eigenvalue weighted by Crippen LogP contribution is -2.33. The molecule has 11 heteroatoms. The van der Waals surface area contributed by atoms with Gasteiger partial charge in [-0.1, -0.05) is 0 Å². The monoisotopic (exact) mass is 562 g/mol. The topological polar surface area (TPSA) is 110 Å². The van der Waals surface area contributed by atoms with E-state index < -0.39 is 32.3 Å². The van der Waals surface area contributed by atoms with Crippen LogP contribution in [-0.4, -0.2) is 34.7 Å². The van der Waals surface area contributed by atoms with Crippen molar-refractivity contribution in [3.8, 4) is 0 Å². The van der Waals surface area contributed by atoms with E-state index in [1.165, 1.54) is 16.8 Å². The van der Waals surface area contributed by atoms with E-state index in [9.17, 15) is 17.9 Å². The molecule has 1 aromatic heterocycles. The second-order valence-electron chi connectivity index (χ2n) is 7.85. The lowest BCUT2D eigenvalue weighted by Gasteiger charge is -2.18. The van der Waals surface area contributed by atoms with Crippen LogP contribution in [0.4, 0.5) is 20.2 Å². The number of benzene rings is 2. The standard InChI is InChI=1S/C20H21F2IN4O3S/c1-10-12-8-13(14-9-20(14,5-6-28)31(24,29)30)18(17(22)19(12)26-27(10)2)25-16-4-3-11(23)7-15(16)21/h3-4,7-8,14,25,28H,5-6,9H2,1-2H3,(H2,24,29,30). The molecule has 0 spiro atoms. The maximum Gasteiger partial charge on any atom is 0.215 e. The number of aryl methyl sites for hydroxylation is 2. The molecule has 0 radical (unpaired) electrons. The lowest BCUT2D eigenvalue weighted by atomic mass is 10.0. The fraction of sp³-hybridized carbons (Fsp3) is 0.350. The molecule has 1 heterocycles. The van der Waals surface area contributed by atoms with Gasteiger partial charge in [-0.15, -0.1) is 0 Å². The molecular weight excluding hydrogens is 541 g/mol. The number of hydrogen-bond acceptors (Lipinski definition) is 5. The lowest BCUT2D eigenvalue weighted by molar-refractivity contribution is 0.281. The molecule has 2 unspecified atom stereocenters. The van der Waals surface area contributed by atoms with Gasteiger partial charge in [0.05, 0.1) is 16.1 Å². The van der Waals surface area contributed by atoms with Gasteiger partial charge in [0.1, 0.15) is 11.3 Å². The van der Waals surface area contributed by atoms with Crippen LogP contribution in [-0.2, 0) is 17.1 Å². The normalized spacial score (nSPS) is 20.9. The SMILES string of the molecule is Cc1c2cc(C3CC3(CCO)S(N)(=O)=O)c(Nc3ccc(I)cc3F)c(F)c2nn1C. The molecule has 4 N–H and O–H groups in total. The maximum absolute atomic E-state index is 15.6. The number of hydrogen-bond donors (Lipinski definition) is 3. The minimum Gasteiger partial charge on any atom is -0.396 e. The summed E-state index contributed by atoms with van der Waals surface area (Å²) >= 11 is 1.97. The molecule has 166 valence electrons. The van der Waals surface area contributed by atoms with Crippen LogP contribution in [0, 0.1) is 22.1 Å². The van der Waals surface area contributed by atoms with Gasteiger partial charge in [-0.05, 0) is 72.2 Å². The molecule has 0 amide bonds. The number of fused-ring (bicyclic) bond motifs is 1. The Kier molecular flexibility index (Phi) is 5.51. The highest BCUT2D eigenvalue weighted by molar-refractivity contribution is 14.1. The first-order chi connectivity index (χ1) is 14.5. The summed E-state index contributed by atoms with van der Waals surface area (Å²) in [5, 5.41) is 22.5. The summed E-state index contributed by atoms with van der Waals surface area (Å²) in [6.07, 6.45) is 0.0695. The van der Waals surface area contributed by atoms with Gasteiger partial charge in [0.15, 0.2) is 5.82 Å². The number of aliphatic hydroxyl groups excluding tert-OH is 1. The molecule has 1 aliphatic carbocycles. The summed E-state index contributed by atoms with van der Waals surface area (Å²) in [6, 6.07) is 6.15. The van der Waals surface area contributed by atoms with Crippen LogP contribution in [0.5, 0.6) is 0 Å². The average molecular weight is 562 g/mol. The molecule has 1 aliphatic rings. The number of sulfonamides is 1. The van der Waals surface area contributed by atoms with E-state index in [-0.39, 0.29) is 36.3 Å². The van der Waals surface area contributed by atoms with E-state index in [2.05, 4.69) is 10.4 Å². The van der Waals surface area contributed by atoms with E-state index in [4.69, 9.17) is 5.14 Å². The van der Waals surface area contributed by atoms with Crippen molar-refractivity contribution >= 4 is 54.9 Å². The molecule has 0 aliphatic heterocycles. The Balaban J connectivity index is 1.93. The van der Waals surface area contributed by atoms with Gasteiger partial charge < -0.3 is 10.4 Å². The van der Waals surface area contributed by atoms with Crippen LogP contribution < -0.4 is 10.5 Å². The van der Waals surface area contributed by atoms with Crippen LogP contribution in [0.3, 0.4) is 0 Å². The predicted molar refractivity (Wildman–Crippen MR) is 123 cm³/mol. The summed E-state index contributed by atoms with van der Waals surface area (Å²) < 4.78 is 55.7. The van der Waals surface area contributed by atoms with Crippen molar-refractivity contribution in [1.82, 2.24) is 9.78 Å². The Morgan fingerprint density at radius 3 is 2.71 bits per heavy atom. The van der Waals surface area contributed by atoms with Gasteiger partial charge in [0.2, 0.25) is 10.0 Å². The molecule has 2 atom stereocenters. The highest BCUT2D eigenvalue weighted by atomic mass is 127. The molecule has 31 heavy (non-hydrogen) atoms. The third kappa shape index (κ3) is 3.60. The number of rotatable bonds is 6. The Morgan fingerprint density at radius 2 is 2.10 bits per heavy atom. The van der Waals surface area contributed by atoms with Gasteiger partial charge in [0.25, 0.3) is 0 Å². The second-order valence-corrected chi connectivity index (χ2v) is 11.0. The molecule has 2 aromatic carbocycles. The van der Waals surface area contributed by atoms with Crippen LogP contribution in [0.2, 0.25) is 0 Å². The average Bonchev–Trinajstić information content (AvgIpc) is 3.34. The fourth-order valence-electron chi connectivity index (χ4n) is 4.16. The number of aliphatic hydroxyl groups is 1. The third-order valence-corrected chi connectivity index (χ3v) is 8.55. The van der Waals surface area contributed by atoms with Gasteiger partial charge in [0, 0.05) is 34.2 Å². The number of primary sulfonamides is 1. The summed E-state index contributed by atoms with van der Waals surface area (Å²) in [5.41, 5.74) is 1.17. The van der Waals surface area contributed by atoms with E-state index in [0.717, 1.165) is 0 Å². The van der Waals surface area contributed by atoms with Gasteiger partial charge in [-0.2, -0.15) is 5.10 Å². The predicted octanol–water partition coefficient (Wildman–Crippen LogP) is 3.41. The number of anilines is 2. The molecular formula is C20H21F2IN4O3S. The number of aromatic nitrogens is 2. The number of nitrogens with one attached hydrogen (secondary N) is 1. The van der Waals surface area contributed by atoms with Crippen molar-refractivity contribution in [2.45, 2.75) is 30.4 Å². The number of nitrogens with two attached hydrogens (primary N) is 1. The molecule has 7 nitrogen and oxygen atoms in total. The van der Waals surface area contributed by atoms with E-state index in [0.29, 0.717) is 20.2 Å². The Bertz CT molecular complexity index is 1310. The summed E-state index contributed by atoms with van der Waals surface area (Å²) in [7, 11) is -2.35. The minimum absolute atomic E-state index is 0.0424. The Hall–Kier alpha value is -1.83. The van der Waals surface area contributed by atoms with E-state index in [1.807, 2.05) is 22.6 Å². The van der Waals surface area contributed by atoms with E-state index in [1.54, 1.807) is 26.1 Å². The molecule has 0 bridgehead atoms. The van der Waals surface area contributed by atoms with Gasteiger partial charge in [-0.25, -0.2) is 22.3 Å². The van der Waals surface area contributed by atoms with Crippen molar-refractivity contribution < 1.29 is 22.3 Å². The van der Waals surface area contributed by atoms with Crippen molar-refractivity contribution in [3.63, 3.8) is 0 Å². The first kappa shape index (κ1) is 22.4. The van der Waals surface area contributed by atoms with Crippen molar-refractivity contribution in [2.24, 2.45) is 12.2 Å². The van der Waals surface area contributed by atoms with E-state index >= 15 is 4.39 Å². The summed E-state index contributed by atoms with van der Waals surface area (Å²) in [4.78, 5) is 0. The summed E-state index contributed by atoms with van der Waals surface area (Å²) in [6.45, 7) is 1.40. The minimum atomic E-state index is -4.03. The first-order valence-corrected chi connectivity index (χ1v) is 12.1. The largest absolute Gasteiger partial charge is 0.396 e. The molecule has 1 saturated carbocycles. The van der Waals surface area contributed by atoms with Crippen LogP contribution >= 0.6 is 22.6 Å². The van der Waals surface area contributed by atoms with Gasteiger partial charge >= 0.3 is 0 Å². The highest BCUT2D eigenvalue weighted by Crippen LogP contribution is 2.60. The zero-order valence-corrected chi connectivity index (χ0v) is 19.8. The van der Waals surface area contributed by atoms with Crippen molar-refractivity contribution in [2.75, 3.05) is 11.9 Å². The Labute approximate surface area is 191 Å². The summed E-state index contributed by atoms with van der Waals surface area (Å²) in [5.74, 6) is -1.92. The fourth-order valence-corrected chi connectivity index (χ4v) is 5.91. The van der Waals surface area contributed by atoms with Crippen molar-refractivity contribution in [3.05, 3.63) is 50.7 Å². The number of halogens is 3. The van der Waals surface area contributed by atoms with Gasteiger partial charge in [-0.3, -0.25) is 4.68 Å². The van der Waals surface area contributed by atoms with Crippen LogP contribution in [0.1, 0.15) is 30.0 Å². The molecule has 3 aromatic rings. The Morgan fingerprint density at radius 1 is 1.39 bits per heavy atom. The quantitative estimate of drug-likeness (QED) is 0.399. The second kappa shape index (κ2) is 7.64. The third-order valence-electron chi connectivity index (χ3n) is 6.09. The molecule has 0 saturated heterocycles. The smallest absolute Gasteiger partial charge is 0.215 e.